The van der Waals surface area contributed by atoms with Crippen LogP contribution in [-0.4, -0.2) is 0 Å². The van der Waals surface area contributed by atoms with Crippen LogP contribution in [0.4, 0.5) is 0 Å². The second-order valence-corrected chi connectivity index (χ2v) is 2.18. The quantitative estimate of drug-likeness (QED) is 0.484. The van der Waals surface area contributed by atoms with Crippen molar-refractivity contribution < 1.29 is 0 Å². The third-order valence-electron chi connectivity index (χ3n) is 1.71. The average Bonchev–Trinajstić information content (AvgIpc) is 1.65. The molecule has 2 N–H and O–H groups in total. The van der Waals surface area contributed by atoms with Crippen molar-refractivity contribution in [3.8, 4) is 0 Å². The molecule has 1 atom stereocenters. The van der Waals surface area contributed by atoms with Crippen LogP contribution in [-0.2, 0) is 0 Å². The lowest BCUT2D eigenvalue weighted by Crippen LogP contribution is -2.12. The molecule has 1 nitrogen and oxygen atoms in total. The van der Waals surface area contributed by atoms with Crippen LogP contribution in [0, 0.1) is 5.92 Å². The van der Waals surface area contributed by atoms with Crippen LogP contribution < -0.4 is 5.73 Å². The molecule has 0 aromatic rings. The summed E-state index contributed by atoms with van der Waals surface area (Å²) in [5, 5.41) is 0. The van der Waals surface area contributed by atoms with Crippen molar-refractivity contribution in [2.45, 2.75) is 19.8 Å². The van der Waals surface area contributed by atoms with Crippen LogP contribution in [0.1, 0.15) is 19.8 Å². The summed E-state index contributed by atoms with van der Waals surface area (Å²) in [5.41, 5.74) is 6.69. The van der Waals surface area contributed by atoms with Crippen LogP contribution in [0.15, 0.2) is 11.8 Å². The SMILES string of the molecule is C[C@@H]1CC/C1=C/N. The van der Waals surface area contributed by atoms with E-state index in [4.69, 9.17) is 5.73 Å². The van der Waals surface area contributed by atoms with E-state index in [9.17, 15) is 0 Å². The van der Waals surface area contributed by atoms with Crippen molar-refractivity contribution in [2.75, 3.05) is 0 Å². The van der Waals surface area contributed by atoms with E-state index < -0.39 is 0 Å². The van der Waals surface area contributed by atoms with Crippen LogP contribution in [0.3, 0.4) is 0 Å². The van der Waals surface area contributed by atoms with E-state index in [1.165, 1.54) is 18.4 Å². The molecule has 1 saturated carbocycles. The molecule has 0 aromatic carbocycles. The van der Waals surface area contributed by atoms with Gasteiger partial charge in [0.25, 0.3) is 0 Å². The number of hydrogen-bond donors (Lipinski definition) is 1. The lowest BCUT2D eigenvalue weighted by atomic mass is 9.82. The minimum atomic E-state index is 0.782. The Kier molecular flexibility index (Phi) is 1.05. The molecule has 0 spiro atoms. The highest BCUT2D eigenvalue weighted by molar-refractivity contribution is 5.11. The molecule has 0 heterocycles. The first kappa shape index (κ1) is 4.69. The van der Waals surface area contributed by atoms with E-state index in [1.807, 2.05) is 0 Å². The van der Waals surface area contributed by atoms with Crippen molar-refractivity contribution >= 4 is 0 Å². The number of hydrogen-bond acceptors (Lipinski definition) is 1. The molecule has 1 aliphatic carbocycles. The van der Waals surface area contributed by atoms with E-state index >= 15 is 0 Å². The molecule has 0 unspecified atom stereocenters. The fourth-order valence-corrected chi connectivity index (χ4v) is 0.847. The molecular formula is C6H11N. The Labute approximate surface area is 44.2 Å². The van der Waals surface area contributed by atoms with E-state index in [-0.39, 0.29) is 0 Å². The maximum absolute atomic E-state index is 5.26. The minimum Gasteiger partial charge on any atom is -0.405 e. The molecule has 1 fully saturated rings. The largest absolute Gasteiger partial charge is 0.405 e. The van der Waals surface area contributed by atoms with Gasteiger partial charge < -0.3 is 5.73 Å². The standard InChI is InChI=1S/C6H11N/c1-5-2-3-6(5)4-7/h4-5H,2-3,7H2,1H3/b6-4-/t5-/m1/s1. The summed E-state index contributed by atoms with van der Waals surface area (Å²) in [4.78, 5) is 0. The third-order valence-corrected chi connectivity index (χ3v) is 1.71. The van der Waals surface area contributed by atoms with E-state index in [1.54, 1.807) is 6.20 Å². The highest BCUT2D eigenvalue weighted by atomic mass is 14.5. The fraction of sp³-hybridized carbons (Fsp3) is 0.667. The first-order valence-electron chi connectivity index (χ1n) is 2.75. The van der Waals surface area contributed by atoms with Crippen LogP contribution in [0.5, 0.6) is 0 Å². The topological polar surface area (TPSA) is 26.0 Å². The first-order chi connectivity index (χ1) is 3.34. The predicted molar refractivity (Wildman–Crippen MR) is 30.7 cm³/mol. The summed E-state index contributed by atoms with van der Waals surface area (Å²) >= 11 is 0. The van der Waals surface area contributed by atoms with Gasteiger partial charge in [0.2, 0.25) is 0 Å². The van der Waals surface area contributed by atoms with Gasteiger partial charge in [0, 0.05) is 0 Å². The van der Waals surface area contributed by atoms with Crippen LogP contribution in [0.25, 0.3) is 0 Å². The Morgan fingerprint density at radius 2 is 2.57 bits per heavy atom. The molecule has 0 bridgehead atoms. The second kappa shape index (κ2) is 1.57. The molecule has 1 rings (SSSR count). The average molecular weight is 97.2 g/mol. The van der Waals surface area contributed by atoms with Crippen LogP contribution >= 0.6 is 0 Å². The highest BCUT2D eigenvalue weighted by Crippen LogP contribution is 2.31. The molecular weight excluding hydrogens is 86.1 g/mol. The normalized spacial score (nSPS) is 35.6. The molecule has 40 valence electrons. The van der Waals surface area contributed by atoms with Crippen molar-refractivity contribution in [1.82, 2.24) is 0 Å². The summed E-state index contributed by atoms with van der Waals surface area (Å²) < 4.78 is 0. The van der Waals surface area contributed by atoms with E-state index in [2.05, 4.69) is 6.92 Å². The Bertz CT molecular complexity index is 94.4. The van der Waals surface area contributed by atoms with Gasteiger partial charge in [-0.05, 0) is 25.0 Å². The monoisotopic (exact) mass is 97.1 g/mol. The molecule has 1 aliphatic rings. The Morgan fingerprint density at radius 3 is 2.57 bits per heavy atom. The van der Waals surface area contributed by atoms with Crippen molar-refractivity contribution in [2.24, 2.45) is 11.7 Å². The Hall–Kier alpha value is -0.460. The van der Waals surface area contributed by atoms with Gasteiger partial charge in [-0.2, -0.15) is 0 Å². The first-order valence-corrected chi connectivity index (χ1v) is 2.75. The van der Waals surface area contributed by atoms with Gasteiger partial charge in [-0.25, -0.2) is 0 Å². The summed E-state index contributed by atoms with van der Waals surface area (Å²) in [6.45, 7) is 2.21. The van der Waals surface area contributed by atoms with Gasteiger partial charge >= 0.3 is 0 Å². The number of allylic oxidation sites excluding steroid dienone is 1. The Morgan fingerprint density at radius 1 is 1.86 bits per heavy atom. The molecule has 7 heavy (non-hydrogen) atoms. The van der Waals surface area contributed by atoms with Gasteiger partial charge in [0.15, 0.2) is 0 Å². The maximum atomic E-state index is 5.26. The maximum Gasteiger partial charge on any atom is -0.00677 e. The zero-order chi connectivity index (χ0) is 5.28. The number of nitrogens with two attached hydrogens (primary N) is 1. The molecule has 0 aromatic heterocycles. The summed E-state index contributed by atoms with van der Waals surface area (Å²) in [5.74, 6) is 0.782. The minimum absolute atomic E-state index is 0.782. The molecule has 0 aliphatic heterocycles. The van der Waals surface area contributed by atoms with Crippen molar-refractivity contribution in [3.05, 3.63) is 11.8 Å². The summed E-state index contributed by atoms with van der Waals surface area (Å²) in [6.07, 6.45) is 4.31. The zero-order valence-electron chi connectivity index (χ0n) is 4.65. The second-order valence-electron chi connectivity index (χ2n) is 2.18. The van der Waals surface area contributed by atoms with E-state index in [0.29, 0.717) is 0 Å². The lowest BCUT2D eigenvalue weighted by Gasteiger charge is -2.24. The third kappa shape index (κ3) is 0.625. The van der Waals surface area contributed by atoms with Crippen LogP contribution in [0.2, 0.25) is 0 Å². The Balaban J connectivity index is 2.44. The molecule has 0 radical (unpaired) electrons. The van der Waals surface area contributed by atoms with E-state index in [0.717, 1.165) is 5.92 Å². The van der Waals surface area contributed by atoms with Gasteiger partial charge in [0.1, 0.15) is 0 Å². The van der Waals surface area contributed by atoms with Gasteiger partial charge in [-0.15, -0.1) is 0 Å². The van der Waals surface area contributed by atoms with Gasteiger partial charge in [-0.3, -0.25) is 0 Å². The molecule has 0 amide bonds. The fourth-order valence-electron chi connectivity index (χ4n) is 0.847. The number of rotatable bonds is 0. The smallest absolute Gasteiger partial charge is 0.00677 e. The lowest BCUT2D eigenvalue weighted by molar-refractivity contribution is 0.481. The van der Waals surface area contributed by atoms with Gasteiger partial charge in [-0.1, -0.05) is 12.5 Å². The van der Waals surface area contributed by atoms with Gasteiger partial charge in [0.05, 0.1) is 0 Å². The molecule has 1 heteroatoms. The molecule has 0 saturated heterocycles. The highest BCUT2D eigenvalue weighted by Gasteiger charge is 2.17. The van der Waals surface area contributed by atoms with Crippen molar-refractivity contribution in [1.29, 1.82) is 0 Å². The van der Waals surface area contributed by atoms with Crippen molar-refractivity contribution in [3.63, 3.8) is 0 Å². The predicted octanol–water partition coefficient (Wildman–Crippen LogP) is 1.26. The summed E-state index contributed by atoms with van der Waals surface area (Å²) in [7, 11) is 0. The zero-order valence-corrected chi connectivity index (χ0v) is 4.65. The summed E-state index contributed by atoms with van der Waals surface area (Å²) in [6, 6.07) is 0.